The number of hydrogen-bond acceptors (Lipinski definition) is 5. The van der Waals surface area contributed by atoms with Gasteiger partial charge >= 0.3 is 5.97 Å². The minimum absolute atomic E-state index is 0.0461. The molecule has 1 spiro atoms. The first kappa shape index (κ1) is 26.3. The number of aliphatic hydroxyl groups excluding tert-OH is 2. The first-order chi connectivity index (χ1) is 18.2. The number of hydrogen-bond donors (Lipinski definition) is 3. The lowest BCUT2D eigenvalue weighted by Crippen LogP contribution is -2.21. The second kappa shape index (κ2) is 10.4. The molecule has 0 amide bonds. The molecule has 0 aliphatic heterocycles. The van der Waals surface area contributed by atoms with E-state index in [0.717, 1.165) is 58.4 Å². The van der Waals surface area contributed by atoms with Gasteiger partial charge in [0.05, 0.1) is 13.0 Å². The largest absolute Gasteiger partial charge is 0.491 e. The van der Waals surface area contributed by atoms with Gasteiger partial charge in [0.25, 0.3) is 0 Å². The van der Waals surface area contributed by atoms with Crippen LogP contribution in [0.1, 0.15) is 58.6 Å². The summed E-state index contributed by atoms with van der Waals surface area (Å²) in [6, 6.07) is 16.4. The van der Waals surface area contributed by atoms with Crippen LogP contribution in [0, 0.1) is 26.2 Å². The van der Waals surface area contributed by atoms with Crippen LogP contribution in [0.3, 0.4) is 0 Å². The lowest BCUT2D eigenvalue weighted by atomic mass is 9.87. The summed E-state index contributed by atoms with van der Waals surface area (Å²) in [5, 5.41) is 28.0. The third-order valence-electron chi connectivity index (χ3n) is 8.31. The van der Waals surface area contributed by atoms with Crippen molar-refractivity contribution in [3.63, 3.8) is 0 Å². The minimum Gasteiger partial charge on any atom is -0.491 e. The van der Waals surface area contributed by atoms with E-state index < -0.39 is 12.1 Å². The molecule has 1 saturated carbocycles. The lowest BCUT2D eigenvalue weighted by Gasteiger charge is -2.18. The maximum atomic E-state index is 11.4. The summed E-state index contributed by atoms with van der Waals surface area (Å²) in [7, 11) is 0. The Morgan fingerprint density at radius 1 is 1.03 bits per heavy atom. The molecule has 200 valence electrons. The van der Waals surface area contributed by atoms with E-state index in [4.69, 9.17) is 14.6 Å². The quantitative estimate of drug-likeness (QED) is 0.330. The monoisotopic (exact) mass is 516 g/mol. The molecule has 1 fully saturated rings. The number of aryl methyl sites for hydroxylation is 2. The predicted octanol–water partition coefficient (Wildman–Crippen LogP) is 5.48. The summed E-state index contributed by atoms with van der Waals surface area (Å²) >= 11 is 0. The van der Waals surface area contributed by atoms with Crippen LogP contribution in [0.4, 0.5) is 0 Å². The van der Waals surface area contributed by atoms with E-state index in [1.165, 1.54) is 11.1 Å². The van der Waals surface area contributed by atoms with Crippen molar-refractivity contribution in [1.29, 1.82) is 0 Å². The molecule has 38 heavy (non-hydrogen) atoms. The number of ether oxygens (including phenoxy) is 2. The van der Waals surface area contributed by atoms with E-state index >= 15 is 0 Å². The molecule has 5 rings (SSSR count). The Bertz CT molecular complexity index is 1330. The fraction of sp³-hybridized carbons (Fsp3) is 0.406. The van der Waals surface area contributed by atoms with Gasteiger partial charge in [0.15, 0.2) is 0 Å². The van der Waals surface area contributed by atoms with Crippen molar-refractivity contribution in [1.82, 2.24) is 0 Å². The molecule has 2 aliphatic carbocycles. The number of benzene rings is 3. The molecule has 1 unspecified atom stereocenters. The normalized spacial score (nSPS) is 17.8. The summed E-state index contributed by atoms with van der Waals surface area (Å²) < 4.78 is 11.9. The van der Waals surface area contributed by atoms with Gasteiger partial charge in [0.1, 0.15) is 30.8 Å². The number of carboxylic acids is 1. The van der Waals surface area contributed by atoms with E-state index in [9.17, 15) is 15.0 Å². The highest BCUT2D eigenvalue weighted by molar-refractivity contribution is 5.75. The average Bonchev–Trinajstić information content (AvgIpc) is 3.59. The second-order valence-corrected chi connectivity index (χ2v) is 11.0. The Morgan fingerprint density at radius 2 is 1.76 bits per heavy atom. The molecule has 2 atom stereocenters. The number of rotatable bonds is 10. The van der Waals surface area contributed by atoms with Crippen molar-refractivity contribution in [2.24, 2.45) is 5.41 Å². The molecule has 6 heteroatoms. The number of aliphatic hydroxyl groups is 2. The van der Waals surface area contributed by atoms with Crippen LogP contribution in [0.25, 0.3) is 11.1 Å². The van der Waals surface area contributed by atoms with Gasteiger partial charge < -0.3 is 24.8 Å². The first-order valence-corrected chi connectivity index (χ1v) is 13.3. The topological polar surface area (TPSA) is 96.2 Å². The fourth-order valence-corrected chi connectivity index (χ4v) is 6.13. The Hall–Kier alpha value is -3.35. The van der Waals surface area contributed by atoms with Crippen LogP contribution < -0.4 is 9.47 Å². The molecule has 6 nitrogen and oxygen atoms in total. The van der Waals surface area contributed by atoms with Gasteiger partial charge in [-0.1, -0.05) is 24.3 Å². The smallest absolute Gasteiger partial charge is 0.303 e. The zero-order valence-corrected chi connectivity index (χ0v) is 22.3. The zero-order chi connectivity index (χ0) is 27.0. The summed E-state index contributed by atoms with van der Waals surface area (Å²) in [6.07, 6.45) is 2.47. The Balaban J connectivity index is 1.33. The summed E-state index contributed by atoms with van der Waals surface area (Å²) in [6.45, 7) is 6.38. The Morgan fingerprint density at radius 3 is 2.42 bits per heavy atom. The summed E-state index contributed by atoms with van der Waals surface area (Å²) in [5.74, 6) is 0.881. The van der Waals surface area contributed by atoms with Crippen LogP contribution in [0.2, 0.25) is 0 Å². The van der Waals surface area contributed by atoms with Crippen LogP contribution in [0.15, 0.2) is 48.5 Å². The van der Waals surface area contributed by atoms with Gasteiger partial charge in [-0.2, -0.15) is 0 Å². The van der Waals surface area contributed by atoms with E-state index in [1.807, 2.05) is 18.2 Å². The summed E-state index contributed by atoms with van der Waals surface area (Å²) in [4.78, 5) is 11.4. The van der Waals surface area contributed by atoms with Crippen molar-refractivity contribution in [3.8, 4) is 22.6 Å². The number of carboxylic acid groups (broad SMARTS) is 1. The van der Waals surface area contributed by atoms with Crippen LogP contribution >= 0.6 is 0 Å². The van der Waals surface area contributed by atoms with Crippen molar-refractivity contribution in [2.75, 3.05) is 13.2 Å². The van der Waals surface area contributed by atoms with Crippen molar-refractivity contribution in [3.05, 3.63) is 81.9 Å². The van der Waals surface area contributed by atoms with Gasteiger partial charge in [0.2, 0.25) is 0 Å². The van der Waals surface area contributed by atoms with E-state index in [-0.39, 0.29) is 31.0 Å². The first-order valence-electron chi connectivity index (χ1n) is 13.3. The van der Waals surface area contributed by atoms with E-state index in [2.05, 4.69) is 51.1 Å². The van der Waals surface area contributed by atoms with Gasteiger partial charge in [-0.3, -0.25) is 4.79 Å². The minimum atomic E-state index is -0.902. The summed E-state index contributed by atoms with van der Waals surface area (Å²) in [5.41, 5.74) is 9.26. The lowest BCUT2D eigenvalue weighted by molar-refractivity contribution is -0.137. The molecule has 0 heterocycles. The van der Waals surface area contributed by atoms with Crippen LogP contribution in [-0.4, -0.2) is 40.6 Å². The van der Waals surface area contributed by atoms with Crippen molar-refractivity contribution < 1.29 is 29.6 Å². The molecule has 0 bridgehead atoms. The van der Waals surface area contributed by atoms with Gasteiger partial charge in [0, 0.05) is 5.92 Å². The Labute approximate surface area is 223 Å². The molecule has 0 radical (unpaired) electrons. The molecule has 0 aromatic heterocycles. The number of carbonyl (C=O) groups is 1. The van der Waals surface area contributed by atoms with Crippen molar-refractivity contribution >= 4 is 5.97 Å². The van der Waals surface area contributed by atoms with Gasteiger partial charge in [-0.05, 0) is 114 Å². The number of aliphatic carboxylic acids is 1. The standard InChI is InChI=1S/C32H36O6/c1-19-11-26(38-18-24(34)16-33)12-20(2)31(19)27-6-4-5-22(21(27)3)17-37-25-7-8-28-23(13-25)15-32(9-10-32)29(28)14-30(35)36/h4-8,11-13,24,29,33-34H,9-10,14-18H2,1-3H3,(H,35,36)/t24-,29?/m0/s1. The SMILES string of the molecule is Cc1cc(OC[C@@H](O)CO)cc(C)c1-c1cccc(COc2ccc3c(c2)CC2(CC2)C3CC(=O)O)c1C. The zero-order valence-electron chi connectivity index (χ0n) is 22.3. The number of fused-ring (bicyclic) bond motifs is 1. The second-order valence-electron chi connectivity index (χ2n) is 11.0. The maximum Gasteiger partial charge on any atom is 0.303 e. The van der Waals surface area contributed by atoms with Gasteiger partial charge in [-0.15, -0.1) is 0 Å². The third kappa shape index (κ3) is 5.16. The molecular formula is C32H36O6. The fourth-order valence-electron chi connectivity index (χ4n) is 6.13. The average molecular weight is 517 g/mol. The van der Waals surface area contributed by atoms with E-state index in [0.29, 0.717) is 12.4 Å². The predicted molar refractivity (Wildman–Crippen MR) is 146 cm³/mol. The highest BCUT2D eigenvalue weighted by Crippen LogP contribution is 2.64. The highest BCUT2D eigenvalue weighted by atomic mass is 16.5. The van der Waals surface area contributed by atoms with Gasteiger partial charge in [-0.25, -0.2) is 0 Å². The maximum absolute atomic E-state index is 11.4. The molecule has 3 aromatic carbocycles. The van der Waals surface area contributed by atoms with Crippen molar-refractivity contribution in [2.45, 2.75) is 65.1 Å². The molecule has 3 N–H and O–H groups in total. The third-order valence-corrected chi connectivity index (χ3v) is 8.31. The molecular weight excluding hydrogens is 480 g/mol. The Kier molecular flexibility index (Phi) is 7.21. The van der Waals surface area contributed by atoms with Crippen LogP contribution in [-0.2, 0) is 17.8 Å². The van der Waals surface area contributed by atoms with Crippen LogP contribution in [0.5, 0.6) is 11.5 Å². The highest BCUT2D eigenvalue weighted by Gasteiger charge is 2.54. The molecule has 2 aliphatic rings. The molecule has 3 aromatic rings. The van der Waals surface area contributed by atoms with E-state index in [1.54, 1.807) is 0 Å². The molecule has 0 saturated heterocycles.